The standard InChI is InChI=1S/C16H11Cl2FN4OS/c17-9-1-6-12(13(18)7-9)15(24)20-8-14-21-22-16(25)23(14)11-4-2-10(19)3-5-11/h1-7H,8H2,(H,20,24)(H,22,25). The molecule has 0 fully saturated rings. The number of rotatable bonds is 4. The molecule has 0 radical (unpaired) electrons. The lowest BCUT2D eigenvalue weighted by Crippen LogP contribution is -2.25. The predicted molar refractivity (Wildman–Crippen MR) is 96.3 cm³/mol. The highest BCUT2D eigenvalue weighted by atomic mass is 35.5. The summed E-state index contributed by atoms with van der Waals surface area (Å²) in [7, 11) is 0. The van der Waals surface area contributed by atoms with E-state index in [2.05, 4.69) is 15.5 Å². The number of H-pyrrole nitrogens is 1. The molecule has 9 heteroatoms. The van der Waals surface area contributed by atoms with Crippen molar-refractivity contribution in [2.45, 2.75) is 6.54 Å². The van der Waals surface area contributed by atoms with Gasteiger partial charge < -0.3 is 5.32 Å². The molecule has 0 aliphatic carbocycles. The van der Waals surface area contributed by atoms with E-state index in [-0.39, 0.29) is 23.3 Å². The van der Waals surface area contributed by atoms with Crippen molar-refractivity contribution in [3.63, 3.8) is 0 Å². The fraction of sp³-hybridized carbons (Fsp3) is 0.0625. The Balaban J connectivity index is 1.81. The molecule has 0 bridgehead atoms. The molecular weight excluding hydrogens is 386 g/mol. The average Bonchev–Trinajstić information content (AvgIpc) is 2.94. The van der Waals surface area contributed by atoms with Gasteiger partial charge in [-0.3, -0.25) is 14.5 Å². The summed E-state index contributed by atoms with van der Waals surface area (Å²) < 4.78 is 15.0. The van der Waals surface area contributed by atoms with Crippen LogP contribution >= 0.6 is 35.4 Å². The molecule has 0 aliphatic rings. The van der Waals surface area contributed by atoms with Gasteiger partial charge in [0.1, 0.15) is 5.82 Å². The molecule has 5 nitrogen and oxygen atoms in total. The molecule has 3 aromatic rings. The van der Waals surface area contributed by atoms with Gasteiger partial charge in [-0.2, -0.15) is 5.10 Å². The minimum Gasteiger partial charge on any atom is -0.345 e. The van der Waals surface area contributed by atoms with Crippen LogP contribution in [0.15, 0.2) is 42.5 Å². The fourth-order valence-corrected chi connectivity index (χ4v) is 2.98. The number of nitrogens with one attached hydrogen (secondary N) is 2. The summed E-state index contributed by atoms with van der Waals surface area (Å²) in [6.45, 7) is 0.0995. The molecule has 2 aromatic carbocycles. The Labute approximate surface area is 157 Å². The maximum absolute atomic E-state index is 13.1. The van der Waals surface area contributed by atoms with Crippen LogP contribution in [-0.4, -0.2) is 20.7 Å². The number of halogens is 3. The summed E-state index contributed by atoms with van der Waals surface area (Å²) in [4.78, 5) is 12.3. The quantitative estimate of drug-likeness (QED) is 0.645. The highest BCUT2D eigenvalue weighted by Gasteiger charge is 2.13. The van der Waals surface area contributed by atoms with Gasteiger partial charge in [0.05, 0.1) is 17.1 Å². The third kappa shape index (κ3) is 3.89. The third-order valence-corrected chi connectivity index (χ3v) is 4.23. The van der Waals surface area contributed by atoms with Crippen LogP contribution in [0, 0.1) is 10.6 Å². The number of carbonyl (C=O) groups is 1. The van der Waals surface area contributed by atoms with Crippen LogP contribution in [-0.2, 0) is 6.54 Å². The largest absolute Gasteiger partial charge is 0.345 e. The van der Waals surface area contributed by atoms with Crippen LogP contribution in [0.3, 0.4) is 0 Å². The first-order chi connectivity index (χ1) is 12.0. The minimum absolute atomic E-state index is 0.0995. The van der Waals surface area contributed by atoms with Gasteiger partial charge in [0.2, 0.25) is 0 Å². The Morgan fingerprint density at radius 2 is 1.96 bits per heavy atom. The van der Waals surface area contributed by atoms with Crippen LogP contribution in [0.2, 0.25) is 10.0 Å². The van der Waals surface area contributed by atoms with Gasteiger partial charge in [0.25, 0.3) is 5.91 Å². The molecule has 0 unspecified atom stereocenters. The zero-order valence-electron chi connectivity index (χ0n) is 12.6. The maximum atomic E-state index is 13.1. The van der Waals surface area contributed by atoms with E-state index in [1.807, 2.05) is 0 Å². The highest BCUT2D eigenvalue weighted by Crippen LogP contribution is 2.21. The van der Waals surface area contributed by atoms with E-state index >= 15 is 0 Å². The monoisotopic (exact) mass is 396 g/mol. The van der Waals surface area contributed by atoms with E-state index < -0.39 is 0 Å². The second-order valence-electron chi connectivity index (χ2n) is 5.06. The number of aromatic nitrogens is 3. The van der Waals surface area contributed by atoms with Crippen molar-refractivity contribution >= 4 is 41.3 Å². The first-order valence-electron chi connectivity index (χ1n) is 7.11. The minimum atomic E-state index is -0.374. The molecule has 1 amide bonds. The number of nitrogens with zero attached hydrogens (tertiary/aromatic N) is 2. The average molecular weight is 397 g/mol. The SMILES string of the molecule is O=C(NCc1n[nH]c(=S)n1-c1ccc(F)cc1)c1ccc(Cl)cc1Cl. The van der Waals surface area contributed by atoms with E-state index in [9.17, 15) is 9.18 Å². The molecular formula is C16H11Cl2FN4OS. The van der Waals surface area contributed by atoms with Crippen molar-refractivity contribution in [3.05, 3.63) is 74.5 Å². The molecule has 0 atom stereocenters. The molecule has 0 spiro atoms. The summed E-state index contributed by atoms with van der Waals surface area (Å²) in [5.41, 5.74) is 0.933. The van der Waals surface area contributed by atoms with Crippen molar-refractivity contribution in [2.75, 3.05) is 0 Å². The normalized spacial score (nSPS) is 10.7. The maximum Gasteiger partial charge on any atom is 0.253 e. The number of hydrogen-bond acceptors (Lipinski definition) is 3. The Morgan fingerprint density at radius 1 is 1.24 bits per heavy atom. The first kappa shape index (κ1) is 17.6. The number of amides is 1. The smallest absolute Gasteiger partial charge is 0.253 e. The Morgan fingerprint density at radius 3 is 2.64 bits per heavy atom. The Kier molecular flexibility index (Phi) is 5.17. The van der Waals surface area contributed by atoms with Crippen LogP contribution in [0.1, 0.15) is 16.2 Å². The molecule has 128 valence electrons. The van der Waals surface area contributed by atoms with Crippen molar-refractivity contribution in [1.29, 1.82) is 0 Å². The summed E-state index contributed by atoms with van der Waals surface area (Å²) in [6.07, 6.45) is 0. The van der Waals surface area contributed by atoms with Crippen LogP contribution in [0.4, 0.5) is 4.39 Å². The summed E-state index contributed by atoms with van der Waals surface area (Å²) in [6, 6.07) is 10.4. The van der Waals surface area contributed by atoms with Crippen molar-refractivity contribution in [1.82, 2.24) is 20.1 Å². The summed E-state index contributed by atoms with van der Waals surface area (Å²) >= 11 is 17.1. The molecule has 1 heterocycles. The van der Waals surface area contributed by atoms with Gasteiger partial charge >= 0.3 is 0 Å². The first-order valence-corrected chi connectivity index (χ1v) is 8.27. The zero-order chi connectivity index (χ0) is 18.0. The molecule has 2 N–H and O–H groups in total. The molecule has 3 rings (SSSR count). The van der Waals surface area contributed by atoms with Gasteiger partial charge in [0, 0.05) is 10.7 Å². The van der Waals surface area contributed by atoms with Gasteiger partial charge in [-0.15, -0.1) is 0 Å². The molecule has 25 heavy (non-hydrogen) atoms. The molecule has 0 aliphatic heterocycles. The van der Waals surface area contributed by atoms with E-state index in [1.165, 1.54) is 24.3 Å². The van der Waals surface area contributed by atoms with E-state index in [0.29, 0.717) is 26.9 Å². The molecule has 1 aromatic heterocycles. The fourth-order valence-electron chi connectivity index (χ4n) is 2.23. The summed E-state index contributed by atoms with van der Waals surface area (Å²) in [5.74, 6) is -0.262. The van der Waals surface area contributed by atoms with Crippen molar-refractivity contribution in [2.24, 2.45) is 0 Å². The third-order valence-electron chi connectivity index (χ3n) is 3.41. The van der Waals surface area contributed by atoms with E-state index in [4.69, 9.17) is 35.4 Å². The van der Waals surface area contributed by atoms with Crippen LogP contribution in [0.5, 0.6) is 0 Å². The van der Waals surface area contributed by atoms with E-state index in [0.717, 1.165) is 0 Å². The molecule has 0 saturated heterocycles. The lowest BCUT2D eigenvalue weighted by Gasteiger charge is -2.09. The molecule has 0 saturated carbocycles. The van der Waals surface area contributed by atoms with Gasteiger partial charge in [-0.05, 0) is 54.7 Å². The number of carbonyl (C=O) groups excluding carboxylic acids is 1. The van der Waals surface area contributed by atoms with Gasteiger partial charge in [0.15, 0.2) is 10.6 Å². The van der Waals surface area contributed by atoms with E-state index in [1.54, 1.807) is 22.8 Å². The topological polar surface area (TPSA) is 62.7 Å². The Bertz CT molecular complexity index is 985. The second-order valence-corrected chi connectivity index (χ2v) is 6.29. The van der Waals surface area contributed by atoms with Crippen LogP contribution < -0.4 is 5.32 Å². The van der Waals surface area contributed by atoms with Crippen LogP contribution in [0.25, 0.3) is 5.69 Å². The highest BCUT2D eigenvalue weighted by molar-refractivity contribution is 7.71. The van der Waals surface area contributed by atoms with Gasteiger partial charge in [-0.25, -0.2) is 4.39 Å². The number of benzene rings is 2. The lowest BCUT2D eigenvalue weighted by molar-refractivity contribution is 0.0950. The van der Waals surface area contributed by atoms with Gasteiger partial charge in [-0.1, -0.05) is 23.2 Å². The van der Waals surface area contributed by atoms with Crippen molar-refractivity contribution < 1.29 is 9.18 Å². The predicted octanol–water partition coefficient (Wildman–Crippen LogP) is 4.31. The number of hydrogen-bond donors (Lipinski definition) is 2. The zero-order valence-corrected chi connectivity index (χ0v) is 14.9. The Hall–Kier alpha value is -2.22. The lowest BCUT2D eigenvalue weighted by atomic mass is 10.2. The second kappa shape index (κ2) is 7.35. The van der Waals surface area contributed by atoms with Crippen molar-refractivity contribution in [3.8, 4) is 5.69 Å². The summed E-state index contributed by atoms with van der Waals surface area (Å²) in [5, 5.41) is 10.2. The number of aromatic amines is 1.